The van der Waals surface area contributed by atoms with Crippen molar-refractivity contribution in [3.8, 4) is 0 Å². The van der Waals surface area contributed by atoms with E-state index >= 15 is 0 Å². The molecule has 0 aromatic carbocycles. The van der Waals surface area contributed by atoms with Crippen molar-refractivity contribution in [1.82, 2.24) is 0 Å². The second kappa shape index (κ2) is 10.2. The summed E-state index contributed by atoms with van der Waals surface area (Å²) in [5.41, 5.74) is 0. The predicted octanol–water partition coefficient (Wildman–Crippen LogP) is -0.401. The Morgan fingerprint density at radius 2 is 1.92 bits per heavy atom. The summed E-state index contributed by atoms with van der Waals surface area (Å²) >= 11 is 0. The van der Waals surface area contributed by atoms with E-state index < -0.39 is 12.3 Å². The predicted molar refractivity (Wildman–Crippen MR) is 40.2 cm³/mol. The van der Waals surface area contributed by atoms with Crippen LogP contribution in [0.4, 0.5) is 4.79 Å². The molecule has 74 valence electrons. The molecule has 6 nitrogen and oxygen atoms in total. The lowest BCUT2D eigenvalue weighted by Gasteiger charge is -2.04. The van der Waals surface area contributed by atoms with Crippen molar-refractivity contribution in [2.24, 2.45) is 0 Å². The Morgan fingerprint density at radius 3 is 2.17 bits per heavy atom. The first-order valence-electron chi connectivity index (χ1n) is 3.33. The van der Waals surface area contributed by atoms with Crippen LogP contribution >= 0.6 is 0 Å². The maximum Gasteiger partial charge on any atom is 0.503 e. The van der Waals surface area contributed by atoms with Gasteiger partial charge in [0.2, 0.25) is 0 Å². The van der Waals surface area contributed by atoms with Gasteiger partial charge in [0.1, 0.15) is 6.10 Å². The van der Waals surface area contributed by atoms with E-state index in [1.165, 1.54) is 0 Å². The summed E-state index contributed by atoms with van der Waals surface area (Å²) in [6.45, 7) is 2.42. The van der Waals surface area contributed by atoms with Crippen LogP contribution in [0.5, 0.6) is 0 Å². The van der Waals surface area contributed by atoms with Crippen LogP contribution in [0.2, 0.25) is 0 Å². The van der Waals surface area contributed by atoms with Gasteiger partial charge in [-0.05, 0) is 6.92 Å². The Morgan fingerprint density at radius 1 is 1.50 bits per heavy atom. The molecule has 0 radical (unpaired) electrons. The van der Waals surface area contributed by atoms with Crippen molar-refractivity contribution in [2.45, 2.75) is 13.0 Å². The van der Waals surface area contributed by atoms with Gasteiger partial charge in [-0.15, -0.1) is 0 Å². The Bertz CT molecular complexity index is 100. The smallest absolute Gasteiger partial charge is 0.450 e. The SMILES string of the molecule is CCOCC(O)CO.O=C(O)O. The quantitative estimate of drug-likeness (QED) is 0.471. The normalized spacial score (nSPS) is 11.2. The Hall–Kier alpha value is -0.850. The zero-order chi connectivity index (χ0) is 9.98. The molecule has 0 rings (SSSR count). The minimum atomic E-state index is -1.83. The van der Waals surface area contributed by atoms with Gasteiger partial charge in [-0.25, -0.2) is 4.79 Å². The van der Waals surface area contributed by atoms with Crippen LogP contribution in [0.15, 0.2) is 0 Å². The maximum absolute atomic E-state index is 8.61. The van der Waals surface area contributed by atoms with Gasteiger partial charge in [0.05, 0.1) is 13.2 Å². The van der Waals surface area contributed by atoms with Crippen LogP contribution in [-0.4, -0.2) is 52.5 Å². The highest BCUT2D eigenvalue weighted by Gasteiger charge is 1.98. The number of rotatable bonds is 4. The van der Waals surface area contributed by atoms with Crippen LogP contribution < -0.4 is 0 Å². The molecule has 0 heterocycles. The van der Waals surface area contributed by atoms with Crippen LogP contribution in [0.1, 0.15) is 6.92 Å². The second-order valence-electron chi connectivity index (χ2n) is 1.78. The third-order valence-electron chi connectivity index (χ3n) is 0.725. The van der Waals surface area contributed by atoms with Crippen molar-refractivity contribution in [2.75, 3.05) is 19.8 Å². The molecule has 0 bridgehead atoms. The fourth-order valence-corrected chi connectivity index (χ4v) is 0.307. The molecule has 1 atom stereocenters. The van der Waals surface area contributed by atoms with E-state index in [0.29, 0.717) is 6.61 Å². The standard InChI is InChI=1S/C5H12O3.CH2O3/c1-2-8-4-5(7)3-6;2-1(3)4/h5-7H,2-4H2,1H3;(H2,2,3,4). The molecule has 0 aliphatic rings. The average molecular weight is 182 g/mol. The van der Waals surface area contributed by atoms with Crippen LogP contribution in [0.25, 0.3) is 0 Å². The van der Waals surface area contributed by atoms with Gasteiger partial charge in [0.25, 0.3) is 0 Å². The maximum atomic E-state index is 8.61. The number of carbonyl (C=O) groups is 1. The highest BCUT2D eigenvalue weighted by Crippen LogP contribution is 1.81. The van der Waals surface area contributed by atoms with Crippen LogP contribution in [0, 0.1) is 0 Å². The zero-order valence-electron chi connectivity index (χ0n) is 6.80. The first-order chi connectivity index (χ1) is 5.54. The van der Waals surface area contributed by atoms with E-state index in [1.54, 1.807) is 0 Å². The summed E-state index contributed by atoms with van der Waals surface area (Å²) < 4.78 is 4.78. The highest BCUT2D eigenvalue weighted by atomic mass is 16.6. The van der Waals surface area contributed by atoms with Crippen LogP contribution in [-0.2, 0) is 4.74 Å². The monoisotopic (exact) mass is 182 g/mol. The van der Waals surface area contributed by atoms with E-state index in [9.17, 15) is 0 Å². The van der Waals surface area contributed by atoms with E-state index in [2.05, 4.69) is 0 Å². The Balaban J connectivity index is 0. The summed E-state index contributed by atoms with van der Waals surface area (Å²) in [4.78, 5) is 8.56. The van der Waals surface area contributed by atoms with E-state index in [-0.39, 0.29) is 13.2 Å². The molecule has 0 aliphatic heterocycles. The van der Waals surface area contributed by atoms with Gasteiger partial charge in [-0.3, -0.25) is 0 Å². The topological polar surface area (TPSA) is 107 Å². The van der Waals surface area contributed by atoms with Crippen molar-refractivity contribution in [3.63, 3.8) is 0 Å². The third kappa shape index (κ3) is 22.9. The number of aliphatic hydroxyl groups is 2. The largest absolute Gasteiger partial charge is 0.503 e. The number of hydrogen-bond donors (Lipinski definition) is 4. The zero-order valence-corrected chi connectivity index (χ0v) is 6.80. The van der Waals surface area contributed by atoms with Crippen molar-refractivity contribution < 1.29 is 30.0 Å². The van der Waals surface area contributed by atoms with Gasteiger partial charge in [-0.1, -0.05) is 0 Å². The van der Waals surface area contributed by atoms with Crippen molar-refractivity contribution in [3.05, 3.63) is 0 Å². The van der Waals surface area contributed by atoms with Gasteiger partial charge < -0.3 is 25.2 Å². The number of ether oxygens (including phenoxy) is 1. The first kappa shape index (κ1) is 13.7. The number of aliphatic hydroxyl groups excluding tert-OH is 2. The van der Waals surface area contributed by atoms with Crippen molar-refractivity contribution in [1.29, 1.82) is 0 Å². The average Bonchev–Trinajstić information content (AvgIpc) is 1.99. The third-order valence-corrected chi connectivity index (χ3v) is 0.725. The van der Waals surface area contributed by atoms with Gasteiger partial charge in [0.15, 0.2) is 0 Å². The molecule has 12 heavy (non-hydrogen) atoms. The fraction of sp³-hybridized carbons (Fsp3) is 0.833. The molecule has 0 saturated heterocycles. The molecular formula is C6H14O6. The molecule has 1 unspecified atom stereocenters. The lowest BCUT2D eigenvalue weighted by Crippen LogP contribution is -2.19. The molecule has 0 amide bonds. The first-order valence-corrected chi connectivity index (χ1v) is 3.33. The highest BCUT2D eigenvalue weighted by molar-refractivity contribution is 5.53. The Labute approximate surface area is 70.0 Å². The summed E-state index contributed by atoms with van der Waals surface area (Å²) in [6, 6.07) is 0. The molecule has 0 fully saturated rings. The van der Waals surface area contributed by atoms with Gasteiger partial charge in [-0.2, -0.15) is 0 Å². The molecule has 0 aliphatic carbocycles. The van der Waals surface area contributed by atoms with Crippen molar-refractivity contribution >= 4 is 6.16 Å². The van der Waals surface area contributed by atoms with Crippen LogP contribution in [0.3, 0.4) is 0 Å². The molecule has 0 saturated carbocycles. The number of hydrogen-bond acceptors (Lipinski definition) is 4. The molecule has 0 aromatic heterocycles. The molecular weight excluding hydrogens is 168 g/mol. The molecule has 6 heteroatoms. The summed E-state index contributed by atoms with van der Waals surface area (Å²) in [5.74, 6) is 0. The summed E-state index contributed by atoms with van der Waals surface area (Å²) in [7, 11) is 0. The summed E-state index contributed by atoms with van der Waals surface area (Å²) in [6.07, 6.45) is -2.55. The minimum absolute atomic E-state index is 0.222. The van der Waals surface area contributed by atoms with Gasteiger partial charge >= 0.3 is 6.16 Å². The second-order valence-corrected chi connectivity index (χ2v) is 1.78. The Kier molecular flexibility index (Phi) is 11.6. The van der Waals surface area contributed by atoms with E-state index in [0.717, 1.165) is 0 Å². The lowest BCUT2D eigenvalue weighted by molar-refractivity contribution is 0.0104. The van der Waals surface area contributed by atoms with Gasteiger partial charge in [0, 0.05) is 6.61 Å². The number of carboxylic acid groups (broad SMARTS) is 2. The lowest BCUT2D eigenvalue weighted by atomic mass is 10.4. The molecule has 4 N–H and O–H groups in total. The summed E-state index contributed by atoms with van der Waals surface area (Å²) in [5, 5.41) is 30.8. The van der Waals surface area contributed by atoms with E-state index in [4.69, 9.17) is 30.0 Å². The molecule has 0 aromatic rings. The minimum Gasteiger partial charge on any atom is -0.450 e. The molecule has 0 spiro atoms. The van der Waals surface area contributed by atoms with E-state index in [1.807, 2.05) is 6.92 Å². The fourth-order valence-electron chi connectivity index (χ4n) is 0.307.